The number of benzene rings is 3. The van der Waals surface area contributed by atoms with Crippen LogP contribution in [0.25, 0.3) is 0 Å². The van der Waals surface area contributed by atoms with E-state index in [2.05, 4.69) is 25.6 Å². The van der Waals surface area contributed by atoms with E-state index >= 15 is 0 Å². The van der Waals surface area contributed by atoms with E-state index in [0.29, 0.717) is 33.9 Å². The maximum absolute atomic E-state index is 14.0. The topological polar surface area (TPSA) is 108 Å². The van der Waals surface area contributed by atoms with Gasteiger partial charge in [-0.1, -0.05) is 30.3 Å². The Morgan fingerprint density at radius 3 is 2.31 bits per heavy atom. The number of hydrogen-bond donors (Lipinski definition) is 3. The van der Waals surface area contributed by atoms with Crippen molar-refractivity contribution in [1.82, 2.24) is 15.3 Å². The van der Waals surface area contributed by atoms with Gasteiger partial charge in [-0.2, -0.15) is 13.2 Å². The summed E-state index contributed by atoms with van der Waals surface area (Å²) >= 11 is 0. The summed E-state index contributed by atoms with van der Waals surface area (Å²) in [6, 6.07) is 17.8. The standard InChI is InChI=1S/C29H23F5N6O2/c1-35-24(18-6-3-8-20(14-18)38-26(41)25-22(30)9-4-10-23(25)31)15-21-11-12-36-28(40-21)39-19-7-2-5-17(13-19)16-37-27(42)29(32,33)34/h2-14H,15-16H2,1H3,(H,37,42)(H,38,41)(H,36,39,40). The summed E-state index contributed by atoms with van der Waals surface area (Å²) in [5.41, 5.74) is 2.33. The minimum atomic E-state index is -4.97. The lowest BCUT2D eigenvalue weighted by atomic mass is 10.0. The van der Waals surface area contributed by atoms with Crippen LogP contribution in [-0.4, -0.2) is 40.7 Å². The smallest absolute Gasteiger partial charge is 0.344 e. The lowest BCUT2D eigenvalue weighted by Gasteiger charge is -2.12. The van der Waals surface area contributed by atoms with Crippen molar-refractivity contribution in [2.24, 2.45) is 4.99 Å². The average molecular weight is 583 g/mol. The van der Waals surface area contributed by atoms with Gasteiger partial charge in [-0.25, -0.2) is 18.7 Å². The molecule has 1 aromatic heterocycles. The molecule has 0 fully saturated rings. The number of rotatable bonds is 9. The Kier molecular flexibility index (Phi) is 9.20. The molecule has 216 valence electrons. The zero-order valence-corrected chi connectivity index (χ0v) is 22.0. The molecule has 0 atom stereocenters. The second kappa shape index (κ2) is 13.0. The predicted molar refractivity (Wildman–Crippen MR) is 147 cm³/mol. The van der Waals surface area contributed by atoms with Gasteiger partial charge in [0, 0.05) is 43.3 Å². The quantitative estimate of drug-likeness (QED) is 0.176. The molecule has 3 N–H and O–H groups in total. The Labute approximate surface area is 236 Å². The van der Waals surface area contributed by atoms with Crippen molar-refractivity contribution in [3.63, 3.8) is 0 Å². The summed E-state index contributed by atoms with van der Waals surface area (Å²) in [5.74, 6) is -4.71. The predicted octanol–water partition coefficient (Wildman–Crippen LogP) is 5.59. The van der Waals surface area contributed by atoms with Gasteiger partial charge in [-0.15, -0.1) is 0 Å². The van der Waals surface area contributed by atoms with E-state index < -0.39 is 35.2 Å². The van der Waals surface area contributed by atoms with E-state index in [1.165, 1.54) is 12.3 Å². The van der Waals surface area contributed by atoms with Gasteiger partial charge in [0.1, 0.15) is 17.2 Å². The highest BCUT2D eigenvalue weighted by Crippen LogP contribution is 2.20. The van der Waals surface area contributed by atoms with Gasteiger partial charge >= 0.3 is 12.1 Å². The van der Waals surface area contributed by atoms with Crippen LogP contribution in [0.1, 0.15) is 27.2 Å². The highest BCUT2D eigenvalue weighted by molar-refractivity contribution is 6.06. The van der Waals surface area contributed by atoms with Gasteiger partial charge in [-0.3, -0.25) is 14.6 Å². The third-order valence-corrected chi connectivity index (χ3v) is 5.87. The first kappa shape index (κ1) is 29.8. The van der Waals surface area contributed by atoms with Gasteiger partial charge in [0.15, 0.2) is 0 Å². The Morgan fingerprint density at radius 2 is 1.60 bits per heavy atom. The van der Waals surface area contributed by atoms with Crippen molar-refractivity contribution < 1.29 is 31.5 Å². The van der Waals surface area contributed by atoms with Crippen molar-refractivity contribution in [2.45, 2.75) is 19.1 Å². The maximum Gasteiger partial charge on any atom is 0.471 e. The molecule has 3 aromatic carbocycles. The lowest BCUT2D eigenvalue weighted by Crippen LogP contribution is -2.36. The number of carbonyl (C=O) groups is 2. The number of alkyl halides is 3. The molecule has 13 heteroatoms. The lowest BCUT2D eigenvalue weighted by molar-refractivity contribution is -0.173. The van der Waals surface area contributed by atoms with Crippen molar-refractivity contribution in [3.8, 4) is 0 Å². The molecule has 0 aliphatic heterocycles. The molecule has 0 bridgehead atoms. The molecule has 0 spiro atoms. The molecule has 0 unspecified atom stereocenters. The largest absolute Gasteiger partial charge is 0.471 e. The normalized spacial score (nSPS) is 11.6. The van der Waals surface area contributed by atoms with Crippen LogP contribution in [-0.2, 0) is 17.8 Å². The van der Waals surface area contributed by atoms with Crippen molar-refractivity contribution in [3.05, 3.63) is 113 Å². The first-order valence-corrected chi connectivity index (χ1v) is 12.4. The second-order valence-electron chi connectivity index (χ2n) is 8.86. The number of nitrogens with one attached hydrogen (secondary N) is 3. The minimum Gasteiger partial charge on any atom is -0.344 e. The SMILES string of the molecule is CN=C(Cc1ccnc(Nc2cccc(CNC(=O)C(F)(F)F)c2)n1)c1cccc(NC(=O)c2c(F)cccc2F)c1. The highest BCUT2D eigenvalue weighted by atomic mass is 19.4. The van der Waals surface area contributed by atoms with Gasteiger partial charge in [0.05, 0.1) is 5.69 Å². The molecular formula is C29H23F5N6O2. The summed E-state index contributed by atoms with van der Waals surface area (Å²) in [6.45, 7) is -0.320. The van der Waals surface area contributed by atoms with E-state index in [9.17, 15) is 31.5 Å². The zero-order valence-electron chi connectivity index (χ0n) is 22.0. The van der Waals surface area contributed by atoms with Gasteiger partial charge < -0.3 is 16.0 Å². The van der Waals surface area contributed by atoms with Crippen molar-refractivity contribution in [2.75, 3.05) is 17.7 Å². The number of nitrogens with zero attached hydrogens (tertiary/aromatic N) is 3. The Bertz CT molecular complexity index is 1620. The van der Waals surface area contributed by atoms with Crippen molar-refractivity contribution in [1.29, 1.82) is 0 Å². The summed E-state index contributed by atoms with van der Waals surface area (Å²) in [4.78, 5) is 36.6. The maximum atomic E-state index is 14.0. The summed E-state index contributed by atoms with van der Waals surface area (Å²) in [6.07, 6.45) is -3.19. The van der Waals surface area contributed by atoms with Gasteiger partial charge in [0.25, 0.3) is 5.91 Å². The van der Waals surface area contributed by atoms with Crippen LogP contribution < -0.4 is 16.0 Å². The molecule has 0 radical (unpaired) electrons. The van der Waals surface area contributed by atoms with Crippen LogP contribution in [0.4, 0.5) is 39.3 Å². The molecule has 42 heavy (non-hydrogen) atoms. The van der Waals surface area contributed by atoms with Crippen LogP contribution in [0.2, 0.25) is 0 Å². The minimum absolute atomic E-state index is 0.215. The number of carbonyl (C=O) groups excluding carboxylic acids is 2. The fraction of sp³-hybridized carbons (Fsp3) is 0.138. The second-order valence-corrected chi connectivity index (χ2v) is 8.86. The van der Waals surface area contributed by atoms with Gasteiger partial charge in [0.2, 0.25) is 5.95 Å². The summed E-state index contributed by atoms with van der Waals surface area (Å²) in [5, 5.41) is 7.30. The first-order valence-electron chi connectivity index (χ1n) is 12.4. The highest BCUT2D eigenvalue weighted by Gasteiger charge is 2.38. The van der Waals surface area contributed by atoms with E-state index in [4.69, 9.17) is 0 Å². The third-order valence-electron chi connectivity index (χ3n) is 5.87. The van der Waals surface area contributed by atoms with E-state index in [-0.39, 0.29) is 18.9 Å². The molecular weight excluding hydrogens is 559 g/mol. The summed E-state index contributed by atoms with van der Waals surface area (Å²) < 4.78 is 65.4. The van der Waals surface area contributed by atoms with Gasteiger partial charge in [-0.05, 0) is 53.6 Å². The number of halogens is 5. The molecule has 0 aliphatic rings. The number of hydrogen-bond acceptors (Lipinski definition) is 6. The Hall–Kier alpha value is -5.20. The molecule has 0 aliphatic carbocycles. The fourth-order valence-electron chi connectivity index (χ4n) is 3.89. The Morgan fingerprint density at radius 1 is 0.905 bits per heavy atom. The van der Waals surface area contributed by atoms with Crippen LogP contribution in [0.15, 0.2) is 84.0 Å². The Balaban J connectivity index is 1.44. The van der Waals surface area contributed by atoms with E-state index in [0.717, 1.165) is 12.1 Å². The third kappa shape index (κ3) is 7.71. The van der Waals surface area contributed by atoms with E-state index in [1.54, 1.807) is 61.6 Å². The molecule has 0 saturated heterocycles. The van der Waals surface area contributed by atoms with Crippen LogP contribution in [0.3, 0.4) is 0 Å². The fourth-order valence-corrected chi connectivity index (χ4v) is 3.89. The number of anilines is 3. The van der Waals surface area contributed by atoms with Crippen LogP contribution in [0, 0.1) is 11.6 Å². The number of aliphatic imine (C=N–C) groups is 1. The summed E-state index contributed by atoms with van der Waals surface area (Å²) in [7, 11) is 1.58. The zero-order chi connectivity index (χ0) is 30.3. The molecule has 2 amide bonds. The molecule has 8 nitrogen and oxygen atoms in total. The monoisotopic (exact) mass is 582 g/mol. The molecule has 4 rings (SSSR count). The molecule has 1 heterocycles. The van der Waals surface area contributed by atoms with Crippen LogP contribution in [0.5, 0.6) is 0 Å². The first-order chi connectivity index (χ1) is 20.0. The average Bonchev–Trinajstić information content (AvgIpc) is 2.94. The molecule has 0 saturated carbocycles. The number of amides is 2. The van der Waals surface area contributed by atoms with Crippen LogP contribution >= 0.6 is 0 Å². The molecule has 4 aromatic rings. The van der Waals surface area contributed by atoms with Crippen molar-refractivity contribution >= 4 is 34.8 Å². The van der Waals surface area contributed by atoms with E-state index in [1.807, 2.05) is 5.32 Å². The number of aromatic nitrogens is 2.